The summed E-state index contributed by atoms with van der Waals surface area (Å²) in [6.07, 6.45) is 18.7. The highest BCUT2D eigenvalue weighted by Gasteiger charge is 2.36. The Morgan fingerprint density at radius 1 is 0.413 bits per heavy atom. The zero-order chi connectivity index (χ0) is 55.1. The van der Waals surface area contributed by atoms with Gasteiger partial charge in [0.05, 0.1) is 0 Å². The number of unbranched alkanes of at least 4 members (excludes halogenated alkanes) is 4. The van der Waals surface area contributed by atoms with Gasteiger partial charge in [0, 0.05) is 76.3 Å². The largest absolute Gasteiger partial charge is 0.369 e. The first-order valence-corrected chi connectivity index (χ1v) is 28.1. The Bertz CT molecular complexity index is 1790. The van der Waals surface area contributed by atoms with Crippen molar-refractivity contribution in [1.29, 1.82) is 0 Å². The van der Waals surface area contributed by atoms with Crippen LogP contribution in [-0.2, 0) is 47.9 Å². The van der Waals surface area contributed by atoms with Crippen LogP contribution in [0.2, 0.25) is 0 Å². The van der Waals surface area contributed by atoms with Crippen LogP contribution < -0.4 is 55.3 Å². The van der Waals surface area contributed by atoms with Gasteiger partial charge in [0.15, 0.2) is 0 Å². The number of carbonyl (C=O) groups is 10. The molecule has 0 heterocycles. The lowest BCUT2D eigenvalue weighted by molar-refractivity contribution is -0.139. The van der Waals surface area contributed by atoms with Gasteiger partial charge in [-0.2, -0.15) is 0 Å². The number of rotatable bonds is 42. The van der Waals surface area contributed by atoms with Gasteiger partial charge in [0.25, 0.3) is 0 Å². The van der Waals surface area contributed by atoms with Crippen LogP contribution in [0.1, 0.15) is 155 Å². The minimum absolute atomic E-state index is 0.0301. The molecule has 0 aromatic rings. The molecule has 4 fully saturated rings. The van der Waals surface area contributed by atoms with E-state index in [4.69, 9.17) is 28.7 Å². The van der Waals surface area contributed by atoms with Gasteiger partial charge < -0.3 is 65.1 Å². The maximum absolute atomic E-state index is 12.8. The quantitative estimate of drug-likeness (QED) is 0.0375. The fourth-order valence-corrected chi connectivity index (χ4v) is 9.61. The number of primary amides is 3. The Morgan fingerprint density at radius 2 is 0.720 bits per heavy atom. The first-order valence-electron chi connectivity index (χ1n) is 28.1. The molecule has 4 unspecified atom stereocenters. The molecular formula is C53H94N12O10. The highest BCUT2D eigenvalue weighted by Crippen LogP contribution is 2.41. The average molecular weight is 1060 g/mol. The summed E-state index contributed by atoms with van der Waals surface area (Å²) in [5.41, 5.74) is 27.8. The normalized spacial score (nSPS) is 16.4. The summed E-state index contributed by atoms with van der Waals surface area (Å²) < 4.78 is 0. The van der Waals surface area contributed by atoms with Gasteiger partial charge in [-0.1, -0.05) is 32.6 Å². The molecule has 4 rings (SSSR count). The van der Waals surface area contributed by atoms with E-state index in [2.05, 4.69) is 26.6 Å². The van der Waals surface area contributed by atoms with E-state index in [1.807, 2.05) is 0 Å². The van der Waals surface area contributed by atoms with Crippen molar-refractivity contribution < 1.29 is 47.9 Å². The number of hydrogen-bond donors (Lipinski definition) is 10. The van der Waals surface area contributed by atoms with Crippen molar-refractivity contribution in [1.82, 2.24) is 36.4 Å². The second-order valence-corrected chi connectivity index (χ2v) is 21.2. The van der Waals surface area contributed by atoms with Crippen molar-refractivity contribution in [2.24, 2.45) is 76.0 Å². The molecule has 22 heteroatoms. The molecular weight excluding hydrogens is 965 g/mol. The number of hydrogen-bond acceptors (Lipinski definition) is 12. The first-order chi connectivity index (χ1) is 36.0. The summed E-state index contributed by atoms with van der Waals surface area (Å²) in [6, 6.07) is 0. The topological polar surface area (TPSA) is 367 Å². The van der Waals surface area contributed by atoms with Gasteiger partial charge in [0.1, 0.15) is 26.2 Å². The maximum atomic E-state index is 12.8. The molecule has 4 aliphatic rings. The van der Waals surface area contributed by atoms with Crippen molar-refractivity contribution in [2.75, 3.05) is 72.0 Å². The van der Waals surface area contributed by atoms with Gasteiger partial charge >= 0.3 is 0 Å². The lowest BCUT2D eigenvalue weighted by atomic mass is 9.96. The minimum Gasteiger partial charge on any atom is -0.369 e. The van der Waals surface area contributed by atoms with E-state index in [-0.39, 0.29) is 123 Å². The van der Waals surface area contributed by atoms with Gasteiger partial charge in [-0.15, -0.1) is 0 Å². The highest BCUT2D eigenvalue weighted by atomic mass is 16.2. The molecule has 10 amide bonds. The van der Waals surface area contributed by atoms with Crippen molar-refractivity contribution >= 4 is 59.1 Å². The van der Waals surface area contributed by atoms with Crippen LogP contribution in [0.3, 0.4) is 0 Å². The summed E-state index contributed by atoms with van der Waals surface area (Å²) in [4.78, 5) is 124. The van der Waals surface area contributed by atoms with Crippen LogP contribution in [0.15, 0.2) is 0 Å². The SMILES string of the molecule is CCC(=O)NCCC(=O)N(CC(=O)NCCCCC(C(N)=O)C1CC1)CC(=O)NCCCCC(C(N)=O)C1CC1.NCCC(=O)N(CC(=O)NCCCCC(CN)C1CC1)CC(=O)NCCCCC(C(N)=O)C1CC1. The predicted molar refractivity (Wildman–Crippen MR) is 284 cm³/mol. The van der Waals surface area contributed by atoms with E-state index < -0.39 is 5.91 Å². The Morgan fingerprint density at radius 3 is 1.00 bits per heavy atom. The van der Waals surface area contributed by atoms with E-state index in [1.54, 1.807) is 6.92 Å². The van der Waals surface area contributed by atoms with Crippen LogP contribution >= 0.6 is 0 Å². The fraction of sp³-hybridized carbons (Fsp3) is 0.811. The lowest BCUT2D eigenvalue weighted by Crippen LogP contribution is -2.46. The third kappa shape index (κ3) is 28.4. The van der Waals surface area contributed by atoms with Crippen LogP contribution in [0.5, 0.6) is 0 Å². The lowest BCUT2D eigenvalue weighted by Gasteiger charge is -2.22. The van der Waals surface area contributed by atoms with Crippen LogP contribution in [0.4, 0.5) is 0 Å². The van der Waals surface area contributed by atoms with Crippen molar-refractivity contribution in [3.05, 3.63) is 0 Å². The Balaban J connectivity index is 0.000000399. The van der Waals surface area contributed by atoms with E-state index in [0.717, 1.165) is 102 Å². The number of nitrogens with one attached hydrogen (secondary N) is 5. The van der Waals surface area contributed by atoms with Crippen LogP contribution in [-0.4, -0.2) is 141 Å². The zero-order valence-corrected chi connectivity index (χ0v) is 45.0. The van der Waals surface area contributed by atoms with Gasteiger partial charge in [-0.05, 0) is 139 Å². The maximum Gasteiger partial charge on any atom is 0.239 e. The molecule has 4 aliphatic carbocycles. The Labute approximate surface area is 444 Å². The summed E-state index contributed by atoms with van der Waals surface area (Å²) in [7, 11) is 0. The molecule has 15 N–H and O–H groups in total. The summed E-state index contributed by atoms with van der Waals surface area (Å²) in [5.74, 6) is -0.685. The number of nitrogens with two attached hydrogens (primary N) is 5. The molecule has 4 atom stereocenters. The molecule has 0 aliphatic heterocycles. The molecule has 0 bridgehead atoms. The molecule has 0 aromatic heterocycles. The second kappa shape index (κ2) is 35.8. The van der Waals surface area contributed by atoms with Crippen molar-refractivity contribution in [3.63, 3.8) is 0 Å². The van der Waals surface area contributed by atoms with E-state index in [0.29, 0.717) is 82.0 Å². The van der Waals surface area contributed by atoms with Gasteiger partial charge in [-0.25, -0.2) is 0 Å². The average Bonchev–Trinajstić information content (AvgIpc) is 4.14. The summed E-state index contributed by atoms with van der Waals surface area (Å²) in [5, 5.41) is 13.8. The van der Waals surface area contributed by atoms with Gasteiger partial charge in [0.2, 0.25) is 59.1 Å². The molecule has 0 spiro atoms. The number of carbonyl (C=O) groups excluding carboxylic acids is 10. The Kier molecular flexibility index (Phi) is 30.5. The third-order valence-electron chi connectivity index (χ3n) is 14.8. The van der Waals surface area contributed by atoms with Crippen molar-refractivity contribution in [3.8, 4) is 0 Å². The standard InChI is InChI=1S/C28H48N6O6.C25H46N6O4/c1-2-23(35)33-16-13-26(38)34(17-24(36)31-14-5-3-7-21(27(29)39)19-9-10-19)18-25(37)32-15-6-4-8-22(28(30)40)20-11-12-20;26-12-11-24(34)31(16-22(32)29-13-3-1-5-20(15-27)18-7-8-18)17-23(33)30-14-4-2-6-21(25(28)35)19-9-10-19/h19-22H,2-18H2,1H3,(H2,29,39)(H2,30,40)(H,31,36)(H,32,37)(H,33,35);18-21H,1-17,26-27H2,(H2,28,35)(H,29,32)(H,30,33). The molecule has 22 nitrogen and oxygen atoms in total. The number of amides is 10. The Hall–Kier alpha value is -5.38. The van der Waals surface area contributed by atoms with Gasteiger partial charge in [-0.3, -0.25) is 47.9 Å². The summed E-state index contributed by atoms with van der Waals surface area (Å²) in [6.45, 7) is 3.58. The monoisotopic (exact) mass is 1060 g/mol. The van der Waals surface area contributed by atoms with Crippen LogP contribution in [0, 0.1) is 47.3 Å². The van der Waals surface area contributed by atoms with Crippen molar-refractivity contribution in [2.45, 2.75) is 155 Å². The second-order valence-electron chi connectivity index (χ2n) is 21.2. The molecule has 0 radical (unpaired) electrons. The zero-order valence-electron chi connectivity index (χ0n) is 45.0. The highest BCUT2D eigenvalue weighted by molar-refractivity contribution is 5.90. The molecule has 75 heavy (non-hydrogen) atoms. The molecule has 0 aromatic carbocycles. The third-order valence-corrected chi connectivity index (χ3v) is 14.8. The minimum atomic E-state index is -0.413. The molecule has 0 saturated heterocycles. The van der Waals surface area contributed by atoms with Crippen LogP contribution in [0.25, 0.3) is 0 Å². The molecule has 4 saturated carbocycles. The fourth-order valence-electron chi connectivity index (χ4n) is 9.61. The first kappa shape index (κ1) is 63.9. The van der Waals surface area contributed by atoms with E-state index >= 15 is 0 Å². The predicted octanol–water partition coefficient (Wildman–Crippen LogP) is 0.560. The smallest absolute Gasteiger partial charge is 0.239 e. The number of nitrogens with zero attached hydrogens (tertiary/aromatic N) is 2. The van der Waals surface area contributed by atoms with E-state index in [1.165, 1.54) is 22.6 Å². The summed E-state index contributed by atoms with van der Waals surface area (Å²) >= 11 is 0. The van der Waals surface area contributed by atoms with E-state index in [9.17, 15) is 47.9 Å². The molecule has 426 valence electrons.